The van der Waals surface area contributed by atoms with Gasteiger partial charge in [0, 0.05) is 19.6 Å². The highest BCUT2D eigenvalue weighted by atomic mass is 16.5. The second kappa shape index (κ2) is 5.49. The predicted octanol–water partition coefficient (Wildman–Crippen LogP) is 1.03. The summed E-state index contributed by atoms with van der Waals surface area (Å²) in [5.74, 6) is 0. The number of aliphatic hydroxyl groups is 1. The molecule has 1 saturated heterocycles. The normalized spacial score (nSPS) is 28.9. The number of rotatable bonds is 3. The van der Waals surface area contributed by atoms with Crippen LogP contribution in [0.2, 0.25) is 0 Å². The molecule has 3 nitrogen and oxygen atoms in total. The first-order valence-corrected chi connectivity index (χ1v) is 5.24. The third-order valence-electron chi connectivity index (χ3n) is 2.36. The lowest BCUT2D eigenvalue weighted by Crippen LogP contribution is -2.47. The van der Waals surface area contributed by atoms with Crippen LogP contribution in [0.1, 0.15) is 20.8 Å². The molecule has 0 saturated carbocycles. The van der Waals surface area contributed by atoms with E-state index in [1.54, 1.807) is 0 Å². The number of morpholine rings is 1. The smallest absolute Gasteiger partial charge is 0.0936 e. The minimum Gasteiger partial charge on any atom is -0.394 e. The Kier molecular flexibility index (Phi) is 4.58. The Morgan fingerprint density at radius 1 is 1.50 bits per heavy atom. The molecule has 0 amide bonds. The van der Waals surface area contributed by atoms with Crippen LogP contribution < -0.4 is 0 Å². The van der Waals surface area contributed by atoms with Crippen LogP contribution in [0.4, 0.5) is 0 Å². The van der Waals surface area contributed by atoms with Gasteiger partial charge in [0.25, 0.3) is 0 Å². The molecule has 1 aliphatic rings. The van der Waals surface area contributed by atoms with E-state index >= 15 is 0 Å². The van der Waals surface area contributed by atoms with Crippen LogP contribution in [0.3, 0.4) is 0 Å². The van der Waals surface area contributed by atoms with Crippen molar-refractivity contribution in [3.05, 3.63) is 11.6 Å². The SMILES string of the molecule is CC(C)=CCN1CC(C)OC(CO)C1. The molecule has 0 aromatic carbocycles. The third kappa shape index (κ3) is 3.78. The Hall–Kier alpha value is -0.380. The van der Waals surface area contributed by atoms with Crippen LogP contribution in [-0.2, 0) is 4.74 Å². The van der Waals surface area contributed by atoms with Crippen LogP contribution in [0.25, 0.3) is 0 Å². The summed E-state index contributed by atoms with van der Waals surface area (Å²) in [6, 6.07) is 0. The summed E-state index contributed by atoms with van der Waals surface area (Å²) in [6.07, 6.45) is 2.43. The average molecular weight is 199 g/mol. The lowest BCUT2D eigenvalue weighted by Gasteiger charge is -2.35. The molecule has 14 heavy (non-hydrogen) atoms. The second-order valence-electron chi connectivity index (χ2n) is 4.25. The molecule has 1 heterocycles. The van der Waals surface area contributed by atoms with Gasteiger partial charge in [-0.05, 0) is 20.8 Å². The molecule has 82 valence electrons. The first-order chi connectivity index (χ1) is 6.61. The number of hydrogen-bond acceptors (Lipinski definition) is 3. The largest absolute Gasteiger partial charge is 0.394 e. The number of ether oxygens (including phenoxy) is 1. The Bertz CT molecular complexity index is 199. The molecule has 1 N–H and O–H groups in total. The highest BCUT2D eigenvalue weighted by Crippen LogP contribution is 2.10. The lowest BCUT2D eigenvalue weighted by molar-refractivity contribution is -0.0924. The van der Waals surface area contributed by atoms with Crippen LogP contribution in [-0.4, -0.2) is 48.5 Å². The van der Waals surface area contributed by atoms with Crippen LogP contribution >= 0.6 is 0 Å². The Balaban J connectivity index is 2.41. The van der Waals surface area contributed by atoms with E-state index in [1.165, 1.54) is 5.57 Å². The van der Waals surface area contributed by atoms with Crippen LogP contribution in [0.5, 0.6) is 0 Å². The fourth-order valence-corrected chi connectivity index (χ4v) is 1.70. The van der Waals surface area contributed by atoms with Gasteiger partial charge in [-0.2, -0.15) is 0 Å². The van der Waals surface area contributed by atoms with Crippen LogP contribution in [0.15, 0.2) is 11.6 Å². The van der Waals surface area contributed by atoms with Gasteiger partial charge in [0.05, 0.1) is 18.8 Å². The first kappa shape index (κ1) is 11.7. The molecule has 3 heteroatoms. The van der Waals surface area contributed by atoms with Crippen molar-refractivity contribution in [2.45, 2.75) is 33.0 Å². The topological polar surface area (TPSA) is 32.7 Å². The first-order valence-electron chi connectivity index (χ1n) is 5.24. The molecule has 1 aliphatic heterocycles. The maximum atomic E-state index is 9.04. The predicted molar refractivity (Wildman–Crippen MR) is 57.3 cm³/mol. The van der Waals surface area contributed by atoms with E-state index in [1.807, 2.05) is 0 Å². The van der Waals surface area contributed by atoms with Gasteiger partial charge < -0.3 is 9.84 Å². The Morgan fingerprint density at radius 3 is 2.79 bits per heavy atom. The zero-order chi connectivity index (χ0) is 10.6. The van der Waals surface area contributed by atoms with E-state index < -0.39 is 0 Å². The van der Waals surface area contributed by atoms with Crippen molar-refractivity contribution in [1.82, 2.24) is 4.90 Å². The second-order valence-corrected chi connectivity index (χ2v) is 4.25. The van der Waals surface area contributed by atoms with E-state index in [2.05, 4.69) is 31.7 Å². The van der Waals surface area contributed by atoms with E-state index in [-0.39, 0.29) is 18.8 Å². The van der Waals surface area contributed by atoms with E-state index in [9.17, 15) is 0 Å². The number of hydrogen-bond donors (Lipinski definition) is 1. The maximum Gasteiger partial charge on any atom is 0.0936 e. The van der Waals surface area contributed by atoms with Gasteiger partial charge in [0.1, 0.15) is 0 Å². The van der Waals surface area contributed by atoms with Gasteiger partial charge in [0.15, 0.2) is 0 Å². The summed E-state index contributed by atoms with van der Waals surface area (Å²) in [5.41, 5.74) is 1.34. The zero-order valence-corrected chi connectivity index (χ0v) is 9.36. The van der Waals surface area contributed by atoms with Crippen molar-refractivity contribution >= 4 is 0 Å². The van der Waals surface area contributed by atoms with Gasteiger partial charge in [-0.1, -0.05) is 11.6 Å². The Labute approximate surface area is 86.4 Å². The fraction of sp³-hybridized carbons (Fsp3) is 0.818. The summed E-state index contributed by atoms with van der Waals surface area (Å²) in [4.78, 5) is 2.32. The molecular weight excluding hydrogens is 178 g/mol. The third-order valence-corrected chi connectivity index (χ3v) is 2.36. The van der Waals surface area contributed by atoms with Crippen LogP contribution in [0, 0.1) is 0 Å². The van der Waals surface area contributed by atoms with Gasteiger partial charge in [-0.15, -0.1) is 0 Å². The van der Waals surface area contributed by atoms with E-state index in [0.717, 1.165) is 19.6 Å². The van der Waals surface area contributed by atoms with Crippen molar-refractivity contribution in [2.75, 3.05) is 26.2 Å². The van der Waals surface area contributed by atoms with Crippen molar-refractivity contribution < 1.29 is 9.84 Å². The van der Waals surface area contributed by atoms with Gasteiger partial charge >= 0.3 is 0 Å². The molecule has 0 radical (unpaired) electrons. The molecule has 2 atom stereocenters. The molecule has 1 fully saturated rings. The Morgan fingerprint density at radius 2 is 2.21 bits per heavy atom. The summed E-state index contributed by atoms with van der Waals surface area (Å²) < 4.78 is 5.56. The lowest BCUT2D eigenvalue weighted by atomic mass is 10.2. The van der Waals surface area contributed by atoms with Crippen molar-refractivity contribution in [2.24, 2.45) is 0 Å². The molecule has 0 spiro atoms. The summed E-state index contributed by atoms with van der Waals surface area (Å²) in [7, 11) is 0. The summed E-state index contributed by atoms with van der Waals surface area (Å²) in [6.45, 7) is 9.14. The van der Waals surface area contributed by atoms with Crippen molar-refractivity contribution in [3.63, 3.8) is 0 Å². The van der Waals surface area contributed by atoms with E-state index in [4.69, 9.17) is 9.84 Å². The zero-order valence-electron chi connectivity index (χ0n) is 9.36. The number of nitrogens with zero attached hydrogens (tertiary/aromatic N) is 1. The fourth-order valence-electron chi connectivity index (χ4n) is 1.70. The molecular formula is C11H21NO2. The summed E-state index contributed by atoms with van der Waals surface area (Å²) in [5, 5.41) is 9.04. The molecule has 1 rings (SSSR count). The highest BCUT2D eigenvalue weighted by Gasteiger charge is 2.23. The summed E-state index contributed by atoms with van der Waals surface area (Å²) >= 11 is 0. The van der Waals surface area contributed by atoms with Gasteiger partial charge in [-0.3, -0.25) is 4.90 Å². The minimum atomic E-state index is -0.00990. The van der Waals surface area contributed by atoms with E-state index in [0.29, 0.717) is 0 Å². The molecule has 0 bridgehead atoms. The highest BCUT2D eigenvalue weighted by molar-refractivity contribution is 4.95. The minimum absolute atomic E-state index is 0.00990. The number of allylic oxidation sites excluding steroid dienone is 1. The van der Waals surface area contributed by atoms with Crippen molar-refractivity contribution in [1.29, 1.82) is 0 Å². The molecule has 0 aliphatic carbocycles. The van der Waals surface area contributed by atoms with Gasteiger partial charge in [0.2, 0.25) is 0 Å². The number of aliphatic hydroxyl groups excluding tert-OH is 1. The quantitative estimate of drug-likeness (QED) is 0.689. The standard InChI is InChI=1S/C11H21NO2/c1-9(2)4-5-12-6-10(3)14-11(7-12)8-13/h4,10-11,13H,5-8H2,1-3H3. The average Bonchev–Trinajstić information content (AvgIpc) is 2.14. The maximum absolute atomic E-state index is 9.04. The molecule has 0 aromatic heterocycles. The van der Waals surface area contributed by atoms with Gasteiger partial charge in [-0.25, -0.2) is 0 Å². The monoisotopic (exact) mass is 199 g/mol. The molecule has 2 unspecified atom stereocenters. The molecule has 0 aromatic rings. The van der Waals surface area contributed by atoms with Crippen molar-refractivity contribution in [3.8, 4) is 0 Å².